The SMILES string of the molecule is O=C(CCl)OC(OCc1ccccc1)C(Br)(Br)Br. The average molecular weight is 465 g/mol. The second-order valence-corrected chi connectivity index (χ2v) is 10.5. The van der Waals surface area contributed by atoms with Gasteiger partial charge in [-0.15, -0.1) is 11.6 Å². The summed E-state index contributed by atoms with van der Waals surface area (Å²) in [5.41, 5.74) is 0.973. The quantitative estimate of drug-likeness (QED) is 0.373. The minimum atomic E-state index is -0.858. The van der Waals surface area contributed by atoms with E-state index in [9.17, 15) is 4.79 Å². The predicted molar refractivity (Wildman–Crippen MR) is 81.3 cm³/mol. The van der Waals surface area contributed by atoms with Gasteiger partial charge in [-0.05, 0) is 5.56 Å². The van der Waals surface area contributed by atoms with Gasteiger partial charge in [0.15, 0.2) is 2.14 Å². The molecule has 0 heterocycles. The molecule has 1 unspecified atom stereocenters. The van der Waals surface area contributed by atoms with Crippen LogP contribution in [0.5, 0.6) is 0 Å². The minimum absolute atomic E-state index is 0.228. The first-order valence-electron chi connectivity index (χ1n) is 4.91. The first-order valence-corrected chi connectivity index (χ1v) is 7.82. The number of halogens is 4. The zero-order chi connectivity index (χ0) is 13.6. The fourth-order valence-corrected chi connectivity index (χ4v) is 1.83. The molecular formula is C11H10Br3ClO3. The summed E-state index contributed by atoms with van der Waals surface area (Å²) in [6, 6.07) is 9.56. The van der Waals surface area contributed by atoms with Gasteiger partial charge >= 0.3 is 5.97 Å². The maximum Gasteiger partial charge on any atom is 0.323 e. The summed E-state index contributed by atoms with van der Waals surface area (Å²) in [6.45, 7) is 0.311. The third-order valence-corrected chi connectivity index (χ3v) is 3.20. The zero-order valence-electron chi connectivity index (χ0n) is 9.11. The first kappa shape index (κ1) is 16.4. The van der Waals surface area contributed by atoms with Crippen molar-refractivity contribution in [2.45, 2.75) is 15.0 Å². The molecule has 0 aliphatic carbocycles. The smallest absolute Gasteiger partial charge is 0.323 e. The van der Waals surface area contributed by atoms with E-state index in [4.69, 9.17) is 21.1 Å². The highest BCUT2D eigenvalue weighted by Gasteiger charge is 2.35. The second kappa shape index (κ2) is 7.85. The van der Waals surface area contributed by atoms with Crippen molar-refractivity contribution in [1.29, 1.82) is 0 Å². The van der Waals surface area contributed by atoms with Crippen LogP contribution in [0.2, 0.25) is 0 Å². The Balaban J connectivity index is 2.59. The van der Waals surface area contributed by atoms with E-state index in [1.54, 1.807) is 0 Å². The molecule has 0 spiro atoms. The highest BCUT2D eigenvalue weighted by Crippen LogP contribution is 2.39. The number of esters is 1. The summed E-state index contributed by atoms with van der Waals surface area (Å²) in [5.74, 6) is -0.786. The molecule has 1 aromatic rings. The zero-order valence-corrected chi connectivity index (χ0v) is 14.6. The number of ether oxygens (including phenoxy) is 2. The van der Waals surface area contributed by atoms with Gasteiger partial charge in [0.2, 0.25) is 6.29 Å². The number of benzene rings is 1. The molecule has 0 saturated heterocycles. The van der Waals surface area contributed by atoms with E-state index in [2.05, 4.69) is 47.8 Å². The van der Waals surface area contributed by atoms with E-state index in [1.807, 2.05) is 30.3 Å². The van der Waals surface area contributed by atoms with Crippen LogP contribution in [0.15, 0.2) is 30.3 Å². The summed E-state index contributed by atoms with van der Waals surface area (Å²) < 4.78 is 9.72. The van der Waals surface area contributed by atoms with Crippen molar-refractivity contribution in [3.63, 3.8) is 0 Å². The van der Waals surface area contributed by atoms with Crippen LogP contribution in [0, 0.1) is 0 Å². The summed E-state index contributed by atoms with van der Waals surface area (Å²) >= 11 is 15.2. The van der Waals surface area contributed by atoms with Gasteiger partial charge in [0, 0.05) is 0 Å². The molecule has 0 aliphatic heterocycles. The lowest BCUT2D eigenvalue weighted by Crippen LogP contribution is -2.33. The minimum Gasteiger partial charge on any atom is -0.431 e. The lowest BCUT2D eigenvalue weighted by Gasteiger charge is -2.25. The second-order valence-electron chi connectivity index (χ2n) is 3.29. The predicted octanol–water partition coefficient (Wildman–Crippen LogP) is 4.15. The molecule has 100 valence electrons. The maximum atomic E-state index is 11.2. The van der Waals surface area contributed by atoms with Crippen molar-refractivity contribution in [3.8, 4) is 0 Å². The van der Waals surface area contributed by atoms with Gasteiger partial charge in [0.25, 0.3) is 0 Å². The van der Waals surface area contributed by atoms with Crippen molar-refractivity contribution in [2.24, 2.45) is 0 Å². The van der Waals surface area contributed by atoms with E-state index in [0.29, 0.717) is 6.61 Å². The highest BCUT2D eigenvalue weighted by molar-refractivity contribution is 9.39. The Labute approximate surface area is 136 Å². The van der Waals surface area contributed by atoms with Crippen LogP contribution in [0.3, 0.4) is 0 Å². The van der Waals surface area contributed by atoms with Crippen molar-refractivity contribution in [2.75, 3.05) is 5.88 Å². The number of carbonyl (C=O) groups excluding carboxylic acids is 1. The molecule has 0 aliphatic rings. The van der Waals surface area contributed by atoms with Crippen molar-refractivity contribution >= 4 is 65.4 Å². The lowest BCUT2D eigenvalue weighted by atomic mass is 10.2. The Morgan fingerprint density at radius 2 is 1.89 bits per heavy atom. The van der Waals surface area contributed by atoms with Crippen LogP contribution in [0.4, 0.5) is 0 Å². The van der Waals surface area contributed by atoms with Gasteiger partial charge in [-0.2, -0.15) is 0 Å². The van der Waals surface area contributed by atoms with Gasteiger partial charge in [0.05, 0.1) is 6.61 Å². The fraction of sp³-hybridized carbons (Fsp3) is 0.364. The van der Waals surface area contributed by atoms with Gasteiger partial charge in [-0.3, -0.25) is 4.79 Å². The molecule has 1 atom stereocenters. The summed E-state index contributed by atoms with van der Waals surface area (Å²) in [6.07, 6.45) is -0.857. The normalized spacial score (nSPS) is 13.1. The molecular weight excluding hydrogens is 455 g/mol. The molecule has 0 fully saturated rings. The van der Waals surface area contributed by atoms with Crippen molar-refractivity contribution in [3.05, 3.63) is 35.9 Å². The van der Waals surface area contributed by atoms with Gasteiger partial charge in [0.1, 0.15) is 5.88 Å². The number of alkyl halides is 4. The lowest BCUT2D eigenvalue weighted by molar-refractivity contribution is -0.175. The molecule has 0 amide bonds. The van der Waals surface area contributed by atoms with Crippen LogP contribution in [0.1, 0.15) is 5.56 Å². The van der Waals surface area contributed by atoms with Crippen LogP contribution in [0.25, 0.3) is 0 Å². The average Bonchev–Trinajstić information content (AvgIpc) is 2.34. The van der Waals surface area contributed by atoms with Crippen LogP contribution in [-0.2, 0) is 20.9 Å². The Morgan fingerprint density at radius 3 is 2.39 bits per heavy atom. The molecule has 0 saturated carbocycles. The molecule has 1 rings (SSSR count). The summed E-state index contributed by atoms with van der Waals surface area (Å²) in [7, 11) is 0. The van der Waals surface area contributed by atoms with Crippen molar-refractivity contribution < 1.29 is 14.3 Å². The summed E-state index contributed by atoms with van der Waals surface area (Å²) in [4.78, 5) is 11.2. The number of rotatable bonds is 5. The Hall–Kier alpha value is 0.380. The molecule has 0 bridgehead atoms. The van der Waals surface area contributed by atoms with Gasteiger partial charge in [-0.25, -0.2) is 0 Å². The standard InChI is InChI=1S/C11H10Br3ClO3/c12-11(13,14)10(18-9(16)6-15)17-7-8-4-2-1-3-5-8/h1-5,10H,6-7H2. The maximum absolute atomic E-state index is 11.2. The number of carbonyl (C=O) groups is 1. The van der Waals surface area contributed by atoms with Crippen LogP contribution < -0.4 is 0 Å². The van der Waals surface area contributed by atoms with Crippen LogP contribution >= 0.6 is 59.4 Å². The van der Waals surface area contributed by atoms with Crippen LogP contribution in [-0.4, -0.2) is 20.3 Å². The largest absolute Gasteiger partial charge is 0.431 e. The highest BCUT2D eigenvalue weighted by atomic mass is 80.0. The van der Waals surface area contributed by atoms with E-state index >= 15 is 0 Å². The third-order valence-electron chi connectivity index (χ3n) is 1.86. The molecule has 0 N–H and O–H groups in total. The molecule has 7 heteroatoms. The molecule has 18 heavy (non-hydrogen) atoms. The van der Waals surface area contributed by atoms with E-state index < -0.39 is 14.4 Å². The first-order chi connectivity index (χ1) is 8.43. The van der Waals surface area contributed by atoms with E-state index in [1.165, 1.54) is 0 Å². The molecule has 0 aromatic heterocycles. The van der Waals surface area contributed by atoms with Gasteiger partial charge in [-0.1, -0.05) is 78.1 Å². The van der Waals surface area contributed by atoms with Gasteiger partial charge < -0.3 is 9.47 Å². The Morgan fingerprint density at radius 1 is 1.28 bits per heavy atom. The molecule has 1 aromatic carbocycles. The molecule has 0 radical (unpaired) electrons. The number of hydrogen-bond acceptors (Lipinski definition) is 3. The van der Waals surface area contributed by atoms with Crippen molar-refractivity contribution in [1.82, 2.24) is 0 Å². The van der Waals surface area contributed by atoms with E-state index in [0.717, 1.165) is 5.56 Å². The molecule has 3 nitrogen and oxygen atoms in total. The number of hydrogen-bond donors (Lipinski definition) is 0. The Bertz CT molecular complexity index is 381. The third kappa shape index (κ3) is 6.02. The Kier molecular flexibility index (Phi) is 7.16. The monoisotopic (exact) mass is 462 g/mol. The topological polar surface area (TPSA) is 35.5 Å². The fourth-order valence-electron chi connectivity index (χ4n) is 1.09. The summed E-state index contributed by atoms with van der Waals surface area (Å²) in [5, 5.41) is 0. The van der Waals surface area contributed by atoms with E-state index in [-0.39, 0.29) is 5.88 Å².